The van der Waals surface area contributed by atoms with E-state index < -0.39 is 0 Å². The zero-order valence-electron chi connectivity index (χ0n) is 16.5. The van der Waals surface area contributed by atoms with Crippen LogP contribution in [0.25, 0.3) is 0 Å². The van der Waals surface area contributed by atoms with Crippen LogP contribution in [0.3, 0.4) is 0 Å². The first-order chi connectivity index (χ1) is 13.7. The fraction of sp³-hybridized carbons (Fsp3) is 0.409. The average Bonchev–Trinajstić information content (AvgIpc) is 3.23. The van der Waals surface area contributed by atoms with E-state index in [2.05, 4.69) is 12.2 Å². The molecule has 3 rings (SSSR count). The second-order valence-corrected chi connectivity index (χ2v) is 7.87. The Kier molecular flexibility index (Phi) is 7.48. The predicted octanol–water partition coefficient (Wildman–Crippen LogP) is 4.83. The number of carbonyl (C=O) groups is 1. The number of ether oxygens (including phenoxy) is 2. The number of nitrogens with one attached hydrogen (secondary N) is 1. The molecule has 2 amide bonds. The van der Waals surface area contributed by atoms with Crippen molar-refractivity contribution < 1.29 is 14.3 Å². The van der Waals surface area contributed by atoms with E-state index >= 15 is 0 Å². The van der Waals surface area contributed by atoms with E-state index in [9.17, 15) is 4.79 Å². The van der Waals surface area contributed by atoms with Crippen LogP contribution in [0.4, 0.5) is 4.79 Å². The second-order valence-electron chi connectivity index (χ2n) is 6.69. The molecule has 28 heavy (non-hydrogen) atoms. The van der Waals surface area contributed by atoms with Gasteiger partial charge in [0.05, 0.1) is 7.11 Å². The van der Waals surface area contributed by atoms with Crippen LogP contribution in [-0.4, -0.2) is 36.9 Å². The number of urea groups is 1. The molecule has 1 aliphatic heterocycles. The Labute approximate surface area is 171 Å². The summed E-state index contributed by atoms with van der Waals surface area (Å²) >= 11 is 1.78. The van der Waals surface area contributed by atoms with Crippen LogP contribution in [-0.2, 0) is 6.61 Å². The number of rotatable bonds is 8. The van der Waals surface area contributed by atoms with Crippen LogP contribution in [0.1, 0.15) is 36.3 Å². The van der Waals surface area contributed by atoms with E-state index in [1.165, 1.54) is 0 Å². The molecule has 1 saturated heterocycles. The van der Waals surface area contributed by atoms with E-state index in [-0.39, 0.29) is 11.4 Å². The Morgan fingerprint density at radius 1 is 1.21 bits per heavy atom. The fourth-order valence-corrected chi connectivity index (χ4v) is 4.37. The lowest BCUT2D eigenvalue weighted by molar-refractivity contribution is 0.200. The molecule has 0 radical (unpaired) electrons. The third-order valence-electron chi connectivity index (χ3n) is 4.67. The lowest BCUT2D eigenvalue weighted by atomic mass is 10.2. The lowest BCUT2D eigenvalue weighted by Crippen LogP contribution is -2.39. The zero-order chi connectivity index (χ0) is 19.8. The number of amides is 2. The second kappa shape index (κ2) is 10.3. The van der Waals surface area contributed by atoms with Crippen LogP contribution in [0.2, 0.25) is 0 Å². The maximum absolute atomic E-state index is 12.5. The van der Waals surface area contributed by atoms with Gasteiger partial charge in [-0.1, -0.05) is 49.7 Å². The molecule has 1 heterocycles. The number of hydrogen-bond donors (Lipinski definition) is 1. The molecule has 5 nitrogen and oxygen atoms in total. The van der Waals surface area contributed by atoms with Gasteiger partial charge in [-0.05, 0) is 29.7 Å². The maximum atomic E-state index is 12.5. The monoisotopic (exact) mass is 400 g/mol. The summed E-state index contributed by atoms with van der Waals surface area (Å²) < 4.78 is 11.5. The minimum absolute atomic E-state index is 0.00120. The maximum Gasteiger partial charge on any atom is 0.318 e. The third kappa shape index (κ3) is 5.13. The summed E-state index contributed by atoms with van der Waals surface area (Å²) in [6.07, 6.45) is 2.07. The quantitative estimate of drug-likeness (QED) is 0.645. The minimum atomic E-state index is -0.00120. The van der Waals surface area contributed by atoms with Gasteiger partial charge >= 0.3 is 6.03 Å². The van der Waals surface area contributed by atoms with E-state index in [0.717, 1.165) is 42.8 Å². The summed E-state index contributed by atoms with van der Waals surface area (Å²) in [7, 11) is 1.64. The number of unbranched alkanes of at least 4 members (excludes halogenated alkanes) is 1. The molecule has 0 aromatic heterocycles. The number of methoxy groups -OCH3 is 1. The largest absolute Gasteiger partial charge is 0.493 e. The first-order valence-electron chi connectivity index (χ1n) is 9.73. The van der Waals surface area contributed by atoms with Crippen LogP contribution in [0, 0.1) is 0 Å². The van der Waals surface area contributed by atoms with Gasteiger partial charge in [-0.2, -0.15) is 0 Å². The van der Waals surface area contributed by atoms with Crippen molar-refractivity contribution in [1.82, 2.24) is 10.2 Å². The van der Waals surface area contributed by atoms with Crippen molar-refractivity contribution in [3.05, 3.63) is 59.7 Å². The van der Waals surface area contributed by atoms with Crippen LogP contribution >= 0.6 is 11.8 Å². The Balaban J connectivity index is 1.69. The first-order valence-corrected chi connectivity index (χ1v) is 10.8. The topological polar surface area (TPSA) is 50.8 Å². The molecule has 0 spiro atoms. The molecule has 1 atom stereocenters. The number of hydrogen-bond acceptors (Lipinski definition) is 4. The highest BCUT2D eigenvalue weighted by Crippen LogP contribution is 2.41. The van der Waals surface area contributed by atoms with Crippen molar-refractivity contribution >= 4 is 17.8 Å². The lowest BCUT2D eigenvalue weighted by Gasteiger charge is -2.25. The van der Waals surface area contributed by atoms with Gasteiger partial charge in [0.15, 0.2) is 11.5 Å². The van der Waals surface area contributed by atoms with Gasteiger partial charge in [0.2, 0.25) is 0 Å². The molecule has 2 aromatic carbocycles. The smallest absolute Gasteiger partial charge is 0.318 e. The highest BCUT2D eigenvalue weighted by Gasteiger charge is 2.31. The summed E-state index contributed by atoms with van der Waals surface area (Å²) in [5.74, 6) is 2.32. The van der Waals surface area contributed by atoms with E-state index in [4.69, 9.17) is 9.47 Å². The van der Waals surface area contributed by atoms with Gasteiger partial charge in [0.1, 0.15) is 12.0 Å². The Bertz CT molecular complexity index is 770. The molecular weight excluding hydrogens is 372 g/mol. The normalized spacial score (nSPS) is 16.1. The molecule has 150 valence electrons. The van der Waals surface area contributed by atoms with Crippen LogP contribution in [0.15, 0.2) is 48.5 Å². The summed E-state index contributed by atoms with van der Waals surface area (Å²) in [5.41, 5.74) is 2.16. The van der Waals surface area contributed by atoms with Crippen molar-refractivity contribution in [2.75, 3.05) is 26.0 Å². The van der Waals surface area contributed by atoms with Gasteiger partial charge in [0.25, 0.3) is 0 Å². The van der Waals surface area contributed by atoms with Crippen LogP contribution in [0.5, 0.6) is 11.5 Å². The highest BCUT2D eigenvalue weighted by atomic mass is 32.2. The summed E-state index contributed by atoms with van der Waals surface area (Å²) in [6.45, 7) is 4.08. The van der Waals surface area contributed by atoms with E-state index in [1.54, 1.807) is 18.9 Å². The van der Waals surface area contributed by atoms with Crippen molar-refractivity contribution in [3.63, 3.8) is 0 Å². The fourth-order valence-electron chi connectivity index (χ4n) is 3.12. The Hall–Kier alpha value is -2.34. The molecule has 1 N–H and O–H groups in total. The minimum Gasteiger partial charge on any atom is -0.493 e. The number of benzene rings is 2. The molecule has 1 fully saturated rings. The van der Waals surface area contributed by atoms with E-state index in [1.807, 2.05) is 53.4 Å². The molecule has 0 aliphatic carbocycles. The number of carbonyl (C=O) groups excluding carboxylic acids is 1. The Morgan fingerprint density at radius 2 is 2.04 bits per heavy atom. The van der Waals surface area contributed by atoms with Gasteiger partial charge < -0.3 is 19.7 Å². The van der Waals surface area contributed by atoms with Crippen molar-refractivity contribution in [2.45, 2.75) is 31.7 Å². The van der Waals surface area contributed by atoms with Gasteiger partial charge in [0, 0.05) is 18.8 Å². The van der Waals surface area contributed by atoms with E-state index in [0.29, 0.717) is 18.1 Å². The van der Waals surface area contributed by atoms with Crippen molar-refractivity contribution in [3.8, 4) is 11.5 Å². The summed E-state index contributed by atoms with van der Waals surface area (Å²) in [4.78, 5) is 14.4. The SMILES string of the molecule is CCCCNC(=O)N1CCS[C@H]1c1ccc(OCc2ccccc2)c(OC)c1. The number of nitrogens with zero attached hydrogens (tertiary/aromatic N) is 1. The average molecular weight is 401 g/mol. The third-order valence-corrected chi connectivity index (χ3v) is 5.93. The molecule has 0 unspecified atom stereocenters. The number of thioether (sulfide) groups is 1. The zero-order valence-corrected chi connectivity index (χ0v) is 17.3. The van der Waals surface area contributed by atoms with Gasteiger partial charge in [-0.3, -0.25) is 0 Å². The molecule has 2 aromatic rings. The molecular formula is C22H28N2O3S. The molecule has 1 aliphatic rings. The molecule has 0 bridgehead atoms. The first kappa shape index (κ1) is 20.4. The van der Waals surface area contributed by atoms with Gasteiger partial charge in [-0.15, -0.1) is 11.8 Å². The summed E-state index contributed by atoms with van der Waals surface area (Å²) in [6, 6.07) is 16.0. The summed E-state index contributed by atoms with van der Waals surface area (Å²) in [5, 5.41) is 3.02. The Morgan fingerprint density at radius 3 is 2.79 bits per heavy atom. The van der Waals surface area contributed by atoms with Crippen LogP contribution < -0.4 is 14.8 Å². The highest BCUT2D eigenvalue weighted by molar-refractivity contribution is 7.99. The molecule has 0 saturated carbocycles. The predicted molar refractivity (Wildman–Crippen MR) is 114 cm³/mol. The standard InChI is InChI=1S/C22H28N2O3S/c1-3-4-12-23-22(25)24-13-14-28-21(24)18-10-11-19(20(15-18)26-2)27-16-17-8-6-5-7-9-17/h5-11,15,21H,3-4,12-14,16H2,1-2H3,(H,23,25)/t21-/m0/s1. The van der Waals surface area contributed by atoms with Crippen molar-refractivity contribution in [2.24, 2.45) is 0 Å². The van der Waals surface area contributed by atoms with Gasteiger partial charge in [-0.25, -0.2) is 4.79 Å². The van der Waals surface area contributed by atoms with Crippen molar-refractivity contribution in [1.29, 1.82) is 0 Å². The molecule has 6 heteroatoms.